The quantitative estimate of drug-likeness (QED) is 0.118. The smallest absolute Gasteiger partial charge is 0.260 e. The molecule has 1 aromatic carbocycles. The Morgan fingerprint density at radius 3 is 2.62 bits per heavy atom. The maximum atomic E-state index is 12.9. The van der Waals surface area contributed by atoms with E-state index in [1.165, 1.54) is 23.8 Å². The zero-order valence-electron chi connectivity index (χ0n) is 24.0. The number of nitrogens with one attached hydrogen (secondary N) is 2. The number of aliphatic hydroxyl groups is 1. The molecule has 4 aliphatic carbocycles. The Morgan fingerprint density at radius 1 is 1.12 bits per heavy atom. The van der Waals surface area contributed by atoms with E-state index < -0.39 is 11.8 Å². The minimum atomic E-state index is -0.540. The first kappa shape index (κ1) is 29.6. The van der Waals surface area contributed by atoms with Crippen LogP contribution in [-0.2, 0) is 14.4 Å². The van der Waals surface area contributed by atoms with E-state index in [2.05, 4.69) is 45.7 Å². The monoisotopic (exact) mass is 578 g/mol. The summed E-state index contributed by atoms with van der Waals surface area (Å²) >= 11 is 0. The molecule has 0 heterocycles. The van der Waals surface area contributed by atoms with E-state index in [9.17, 15) is 24.6 Å². The maximum Gasteiger partial charge on any atom is 0.260 e. The highest BCUT2D eigenvalue weighted by atomic mass is 16.6. The minimum Gasteiger partial charge on any atom is -0.507 e. The van der Waals surface area contributed by atoms with Gasteiger partial charge in [-0.1, -0.05) is 35.8 Å². The average Bonchev–Trinajstić information content (AvgIpc) is 3.26. The van der Waals surface area contributed by atoms with Crippen LogP contribution in [0.15, 0.2) is 40.1 Å². The number of hydrogen-bond acceptors (Lipinski definition) is 8. The van der Waals surface area contributed by atoms with Gasteiger partial charge in [0.2, 0.25) is 0 Å². The summed E-state index contributed by atoms with van der Waals surface area (Å²) < 4.78 is 0. The molecule has 224 valence electrons. The van der Waals surface area contributed by atoms with Crippen molar-refractivity contribution in [2.45, 2.75) is 64.9 Å². The van der Waals surface area contributed by atoms with E-state index in [4.69, 9.17) is 10.4 Å². The Labute approximate surface area is 244 Å². The fourth-order valence-corrected chi connectivity index (χ4v) is 7.78. The molecular formula is C30H38N6O6. The van der Waals surface area contributed by atoms with Gasteiger partial charge in [-0.05, 0) is 79.5 Å². The Hall–Kier alpha value is -3.89. The van der Waals surface area contributed by atoms with Crippen molar-refractivity contribution in [2.75, 3.05) is 19.7 Å². The van der Waals surface area contributed by atoms with Crippen LogP contribution in [-0.4, -0.2) is 59.3 Å². The van der Waals surface area contributed by atoms with E-state index in [0.29, 0.717) is 24.5 Å². The van der Waals surface area contributed by atoms with Crippen molar-refractivity contribution in [1.82, 2.24) is 10.6 Å². The fourth-order valence-electron chi connectivity index (χ4n) is 7.78. The molecule has 42 heavy (non-hydrogen) atoms. The second-order valence-corrected chi connectivity index (χ2v) is 12.4. The molecule has 12 nitrogen and oxygen atoms in total. The molecule has 0 unspecified atom stereocenters. The largest absolute Gasteiger partial charge is 0.507 e. The minimum absolute atomic E-state index is 0.0154. The molecule has 3 fully saturated rings. The molecule has 6 atom stereocenters. The van der Waals surface area contributed by atoms with Crippen LogP contribution >= 0.6 is 0 Å². The number of Topliss-reactive ketones (excluding diaryl/α,β-unsaturated/α-hetero) is 1. The topological polar surface area (TPSA) is 186 Å². The van der Waals surface area contributed by atoms with Crippen LogP contribution in [0.2, 0.25) is 0 Å². The van der Waals surface area contributed by atoms with E-state index in [1.54, 1.807) is 0 Å². The lowest BCUT2D eigenvalue weighted by molar-refractivity contribution is -0.130. The SMILES string of the molecule is C[C@]12CC[C@H](O)CC1=C/C(=N/OCC(=O)NCCNC(=O)c1ccc(N=[N+]=[N-])cc1O)[C@@H]1[C@@H]2CC[C@]2(C)C(=O)CC[C@@H]12. The molecule has 4 aliphatic rings. The summed E-state index contributed by atoms with van der Waals surface area (Å²) in [5.74, 6) is -0.383. The summed E-state index contributed by atoms with van der Waals surface area (Å²) in [6, 6.07) is 3.95. The van der Waals surface area contributed by atoms with Crippen molar-refractivity contribution in [3.05, 3.63) is 45.9 Å². The number of carbonyl (C=O) groups is 3. The van der Waals surface area contributed by atoms with Gasteiger partial charge in [-0.3, -0.25) is 14.4 Å². The number of nitrogens with zero attached hydrogens (tertiary/aromatic N) is 4. The Morgan fingerprint density at radius 2 is 1.86 bits per heavy atom. The standard InChI is InChI=1S/C30H38N6O6/c1-29-9-7-19(37)13-17(29)14-23(27-21-5-6-25(39)30(21,2)10-8-22(27)29)35-42-16-26(40)32-11-12-33-28(41)20-4-3-18(34-36-31)15-24(20)38/h3-4,14-15,19,21-22,27,37-38H,5-13,16H2,1-2H3,(H,32,40)(H,33,41)/b35-23-/t19-,21-,22-,27-,29-,30-/m0/s1. The van der Waals surface area contributed by atoms with Gasteiger partial charge in [0.25, 0.3) is 11.8 Å². The molecule has 5 rings (SSSR count). The predicted octanol–water partition coefficient (Wildman–Crippen LogP) is 4.06. The highest BCUT2D eigenvalue weighted by Crippen LogP contribution is 2.63. The van der Waals surface area contributed by atoms with Crippen LogP contribution in [0, 0.1) is 28.6 Å². The summed E-state index contributed by atoms with van der Waals surface area (Å²) in [4.78, 5) is 45.9. The number of phenolic OH excluding ortho intramolecular Hbond substituents is 1. The summed E-state index contributed by atoms with van der Waals surface area (Å²) in [7, 11) is 0. The number of carbonyl (C=O) groups excluding carboxylic acids is 3. The molecular weight excluding hydrogens is 540 g/mol. The molecule has 12 heteroatoms. The summed E-state index contributed by atoms with van der Waals surface area (Å²) in [6.07, 6.45) is 7.17. The van der Waals surface area contributed by atoms with Crippen molar-refractivity contribution in [2.24, 2.45) is 38.9 Å². The van der Waals surface area contributed by atoms with Gasteiger partial charge < -0.3 is 25.7 Å². The molecule has 4 N–H and O–H groups in total. The summed E-state index contributed by atoms with van der Waals surface area (Å²) in [5, 5.41) is 33.5. The second kappa shape index (κ2) is 11.8. The number of benzene rings is 1. The van der Waals surface area contributed by atoms with E-state index in [-0.39, 0.29) is 65.5 Å². The van der Waals surface area contributed by atoms with Gasteiger partial charge in [0, 0.05) is 41.4 Å². The number of aromatic hydroxyl groups is 1. The van der Waals surface area contributed by atoms with Gasteiger partial charge in [0.15, 0.2) is 6.61 Å². The molecule has 1 aromatic rings. The predicted molar refractivity (Wildman–Crippen MR) is 154 cm³/mol. The molecule has 0 saturated heterocycles. The summed E-state index contributed by atoms with van der Waals surface area (Å²) in [6.45, 7) is 4.34. The van der Waals surface area contributed by atoms with Crippen molar-refractivity contribution in [3.63, 3.8) is 0 Å². The lowest BCUT2D eigenvalue weighted by Crippen LogP contribution is -2.53. The number of allylic oxidation sites excluding steroid dienone is 1. The highest BCUT2D eigenvalue weighted by Gasteiger charge is 2.60. The van der Waals surface area contributed by atoms with Crippen molar-refractivity contribution >= 4 is 29.0 Å². The Bertz CT molecular complexity index is 1390. The van der Waals surface area contributed by atoms with Crippen molar-refractivity contribution in [1.29, 1.82) is 0 Å². The Balaban J connectivity index is 1.19. The van der Waals surface area contributed by atoms with E-state index in [1.807, 2.05) is 0 Å². The van der Waals surface area contributed by atoms with Crippen LogP contribution in [0.5, 0.6) is 5.75 Å². The van der Waals surface area contributed by atoms with Crippen LogP contribution < -0.4 is 10.6 Å². The first-order valence-electron chi connectivity index (χ1n) is 14.6. The number of hydrogen-bond donors (Lipinski definition) is 4. The van der Waals surface area contributed by atoms with Crippen LogP contribution in [0.25, 0.3) is 10.4 Å². The van der Waals surface area contributed by atoms with Gasteiger partial charge in [-0.2, -0.15) is 0 Å². The van der Waals surface area contributed by atoms with Gasteiger partial charge >= 0.3 is 0 Å². The normalized spacial score (nSPS) is 32.5. The molecule has 3 saturated carbocycles. The van der Waals surface area contributed by atoms with Crippen molar-refractivity contribution < 1.29 is 29.4 Å². The zero-order chi connectivity index (χ0) is 30.1. The number of aliphatic hydroxyl groups excluding tert-OH is 1. The Kier molecular flexibility index (Phi) is 8.30. The first-order chi connectivity index (χ1) is 20.1. The summed E-state index contributed by atoms with van der Waals surface area (Å²) in [5.41, 5.74) is 10.2. The number of fused-ring (bicyclic) bond motifs is 5. The third-order valence-corrected chi connectivity index (χ3v) is 10.1. The number of oxime groups is 1. The highest BCUT2D eigenvalue weighted by molar-refractivity contribution is 6.00. The van der Waals surface area contributed by atoms with E-state index in [0.717, 1.165) is 37.8 Å². The maximum absolute atomic E-state index is 12.9. The number of amides is 2. The number of phenols is 1. The molecule has 2 amide bonds. The molecule has 0 spiro atoms. The third-order valence-electron chi connectivity index (χ3n) is 10.1. The lowest BCUT2D eigenvalue weighted by atomic mass is 9.47. The molecule has 0 aromatic heterocycles. The fraction of sp³-hybridized carbons (Fsp3) is 0.600. The number of ketones is 1. The average molecular weight is 579 g/mol. The van der Waals surface area contributed by atoms with E-state index >= 15 is 0 Å². The van der Waals surface area contributed by atoms with Gasteiger partial charge in [0.1, 0.15) is 11.5 Å². The van der Waals surface area contributed by atoms with Crippen LogP contribution in [0.1, 0.15) is 69.2 Å². The first-order valence-corrected chi connectivity index (χ1v) is 14.6. The van der Waals surface area contributed by atoms with Gasteiger partial charge in [-0.25, -0.2) is 0 Å². The number of rotatable bonds is 8. The van der Waals surface area contributed by atoms with Gasteiger partial charge in [0.05, 0.1) is 17.4 Å². The second-order valence-electron chi connectivity index (χ2n) is 12.4. The lowest BCUT2D eigenvalue weighted by Gasteiger charge is -2.56. The third kappa shape index (κ3) is 5.48. The number of azide groups is 1. The molecule has 0 aliphatic heterocycles. The van der Waals surface area contributed by atoms with Crippen molar-refractivity contribution in [3.8, 4) is 5.75 Å². The molecule has 0 radical (unpaired) electrons. The van der Waals surface area contributed by atoms with Gasteiger partial charge in [-0.15, -0.1) is 0 Å². The van der Waals surface area contributed by atoms with Crippen LogP contribution in [0.4, 0.5) is 5.69 Å². The van der Waals surface area contributed by atoms with Crippen LogP contribution in [0.3, 0.4) is 0 Å². The molecule has 0 bridgehead atoms. The zero-order valence-corrected chi connectivity index (χ0v) is 24.0.